The molecule has 5 heteroatoms. The molecule has 0 N–H and O–H groups in total. The van der Waals surface area contributed by atoms with Crippen LogP contribution in [0.2, 0.25) is 0 Å². The number of aromatic nitrogens is 1. The first-order valence-electron chi connectivity index (χ1n) is 15.4. The van der Waals surface area contributed by atoms with Crippen molar-refractivity contribution in [2.75, 3.05) is 7.05 Å². The van der Waals surface area contributed by atoms with Gasteiger partial charge in [0.1, 0.15) is 17.3 Å². The van der Waals surface area contributed by atoms with E-state index < -0.39 is 0 Å². The van der Waals surface area contributed by atoms with Crippen molar-refractivity contribution in [3.05, 3.63) is 162 Å². The van der Waals surface area contributed by atoms with Crippen LogP contribution in [0.25, 0.3) is 49.4 Å². The van der Waals surface area contributed by atoms with Crippen LogP contribution in [0.15, 0.2) is 155 Å². The maximum atomic E-state index is 6.30. The second-order valence-electron chi connectivity index (χ2n) is 11.8. The highest BCUT2D eigenvalue weighted by Gasteiger charge is 2.33. The quantitative estimate of drug-likeness (QED) is 0.203. The molecule has 45 heavy (non-hydrogen) atoms. The van der Waals surface area contributed by atoms with Gasteiger partial charge in [0.2, 0.25) is 0 Å². The molecule has 0 saturated heterocycles. The molecular weight excluding hydrogens is 552 g/mol. The zero-order valence-electron chi connectivity index (χ0n) is 24.8. The van der Waals surface area contributed by atoms with E-state index in [0.29, 0.717) is 6.54 Å². The van der Waals surface area contributed by atoms with Crippen LogP contribution < -0.4 is 0 Å². The third-order valence-electron chi connectivity index (χ3n) is 9.02. The number of fused-ring (bicyclic) bond motifs is 6. The number of hydrogen-bond donors (Lipinski definition) is 0. The van der Waals surface area contributed by atoms with E-state index in [1.807, 2.05) is 18.2 Å². The van der Waals surface area contributed by atoms with Gasteiger partial charge >= 0.3 is 0 Å². The van der Waals surface area contributed by atoms with Crippen molar-refractivity contribution in [2.45, 2.75) is 12.7 Å². The third kappa shape index (κ3) is 4.12. The van der Waals surface area contributed by atoms with Gasteiger partial charge in [0.15, 0.2) is 5.84 Å². The Morgan fingerprint density at radius 3 is 2.18 bits per heavy atom. The number of amidine groups is 1. The predicted octanol–water partition coefficient (Wildman–Crippen LogP) is 9.49. The number of nitrogens with zero attached hydrogens (tertiary/aromatic N) is 4. The minimum absolute atomic E-state index is 0.0713. The maximum Gasteiger partial charge on any atom is 0.157 e. The van der Waals surface area contributed by atoms with E-state index >= 15 is 0 Å². The first-order chi connectivity index (χ1) is 22.2. The van der Waals surface area contributed by atoms with Gasteiger partial charge in [-0.25, -0.2) is 0 Å². The molecule has 8 aromatic rings. The molecule has 1 aliphatic rings. The summed E-state index contributed by atoms with van der Waals surface area (Å²) in [5, 5.41) is 12.1. The van der Waals surface area contributed by atoms with E-state index in [-0.39, 0.29) is 6.17 Å². The van der Waals surface area contributed by atoms with Crippen molar-refractivity contribution in [3.8, 4) is 5.69 Å². The lowest BCUT2D eigenvalue weighted by Crippen LogP contribution is -2.32. The summed E-state index contributed by atoms with van der Waals surface area (Å²) in [6.07, 6.45) is -0.0713. The molecule has 0 radical (unpaired) electrons. The molecule has 3 heterocycles. The Morgan fingerprint density at radius 1 is 0.600 bits per heavy atom. The Balaban J connectivity index is 1.21. The minimum atomic E-state index is -0.0713. The third-order valence-corrected chi connectivity index (χ3v) is 9.02. The van der Waals surface area contributed by atoms with Gasteiger partial charge < -0.3 is 13.9 Å². The average Bonchev–Trinajstić information content (AvgIpc) is 3.73. The van der Waals surface area contributed by atoms with E-state index in [4.69, 9.17) is 9.52 Å². The summed E-state index contributed by atoms with van der Waals surface area (Å²) in [6.45, 7) is 0.706. The monoisotopic (exact) mass is 582 g/mol. The molecule has 0 fully saturated rings. The lowest BCUT2D eigenvalue weighted by molar-refractivity contribution is 0.139. The molecule has 0 bridgehead atoms. The molecule has 0 amide bonds. The molecule has 2 aromatic heterocycles. The summed E-state index contributed by atoms with van der Waals surface area (Å²) in [7, 11) is 2.15. The van der Waals surface area contributed by atoms with Crippen LogP contribution in [0.5, 0.6) is 0 Å². The molecule has 6 aromatic carbocycles. The highest BCUT2D eigenvalue weighted by molar-refractivity contribution is 6.17. The average molecular weight is 583 g/mol. The van der Waals surface area contributed by atoms with Gasteiger partial charge in [-0.2, -0.15) is 5.10 Å². The first-order valence-corrected chi connectivity index (χ1v) is 15.4. The van der Waals surface area contributed by atoms with Crippen molar-refractivity contribution in [1.82, 2.24) is 14.5 Å². The predicted molar refractivity (Wildman–Crippen MR) is 184 cm³/mol. The Bertz CT molecular complexity index is 2390. The van der Waals surface area contributed by atoms with Crippen molar-refractivity contribution in [1.29, 1.82) is 0 Å². The van der Waals surface area contributed by atoms with Gasteiger partial charge in [0.25, 0.3) is 0 Å². The zero-order valence-corrected chi connectivity index (χ0v) is 24.8. The fraction of sp³-hybridized carbons (Fsp3) is 0.0750. The van der Waals surface area contributed by atoms with Gasteiger partial charge in [-0.15, -0.1) is 0 Å². The zero-order chi connectivity index (χ0) is 29.9. The fourth-order valence-electron chi connectivity index (χ4n) is 6.99. The number of benzene rings is 6. The largest absolute Gasteiger partial charge is 0.456 e. The van der Waals surface area contributed by atoms with Crippen LogP contribution in [0.3, 0.4) is 0 Å². The van der Waals surface area contributed by atoms with Gasteiger partial charge in [0, 0.05) is 39.8 Å². The summed E-state index contributed by atoms with van der Waals surface area (Å²) in [6, 6.07) is 51.4. The van der Waals surface area contributed by atoms with Crippen LogP contribution in [-0.4, -0.2) is 27.4 Å². The number of para-hydroxylation sites is 2. The Labute approximate surface area is 260 Å². The number of rotatable bonds is 5. The van der Waals surface area contributed by atoms with Gasteiger partial charge in [-0.1, -0.05) is 109 Å². The SMILES string of the molecule is CN1C(c2ccccc2)=NN(Cc2ccccc2)C1c1cccc(-n2c3ccccc3c3cc4oc5ccccc5c4cc32)c1. The normalized spacial score (nSPS) is 15.1. The van der Waals surface area contributed by atoms with Crippen molar-refractivity contribution in [2.24, 2.45) is 5.10 Å². The Morgan fingerprint density at radius 2 is 1.33 bits per heavy atom. The minimum Gasteiger partial charge on any atom is -0.456 e. The van der Waals surface area contributed by atoms with Crippen molar-refractivity contribution >= 4 is 49.6 Å². The van der Waals surface area contributed by atoms with Crippen LogP contribution >= 0.6 is 0 Å². The Kier molecular flexibility index (Phi) is 5.78. The molecule has 5 nitrogen and oxygen atoms in total. The first kappa shape index (κ1) is 25.7. The highest BCUT2D eigenvalue weighted by atomic mass is 16.3. The summed E-state index contributed by atoms with van der Waals surface area (Å²) in [5.74, 6) is 0.966. The fourth-order valence-corrected chi connectivity index (χ4v) is 6.99. The Hall–Kier alpha value is -5.81. The van der Waals surface area contributed by atoms with E-state index in [0.717, 1.165) is 44.5 Å². The van der Waals surface area contributed by atoms with Gasteiger partial charge in [0.05, 0.1) is 17.6 Å². The van der Waals surface area contributed by atoms with Crippen molar-refractivity contribution in [3.63, 3.8) is 0 Å². The van der Waals surface area contributed by atoms with Crippen LogP contribution in [0.1, 0.15) is 22.9 Å². The van der Waals surface area contributed by atoms with E-state index in [1.54, 1.807) is 0 Å². The van der Waals surface area contributed by atoms with E-state index in [2.05, 4.69) is 149 Å². The maximum absolute atomic E-state index is 6.30. The van der Waals surface area contributed by atoms with Crippen LogP contribution in [0.4, 0.5) is 0 Å². The molecule has 0 aliphatic carbocycles. The van der Waals surface area contributed by atoms with Gasteiger partial charge in [-0.05, 0) is 47.5 Å². The molecular formula is C40H30N4O. The standard InChI is InChI=1S/C40H30N4O/c1-42-39(28-15-6-3-7-16-28)41-43(26-27-13-4-2-5-14-27)40(42)29-17-12-18-30(23-29)44-35-21-10-8-19-31(35)33-25-38-34(24-36(33)44)32-20-9-11-22-37(32)45-38/h2-25,40H,26H2,1H3. The summed E-state index contributed by atoms with van der Waals surface area (Å²) in [4.78, 5) is 2.30. The smallest absolute Gasteiger partial charge is 0.157 e. The summed E-state index contributed by atoms with van der Waals surface area (Å²) >= 11 is 0. The van der Waals surface area contributed by atoms with Crippen molar-refractivity contribution < 1.29 is 4.42 Å². The summed E-state index contributed by atoms with van der Waals surface area (Å²) in [5.41, 5.74) is 8.79. The van der Waals surface area contributed by atoms with Crippen LogP contribution in [-0.2, 0) is 6.54 Å². The highest BCUT2D eigenvalue weighted by Crippen LogP contribution is 2.39. The second-order valence-corrected chi connectivity index (χ2v) is 11.8. The second kappa shape index (κ2) is 10.1. The summed E-state index contributed by atoms with van der Waals surface area (Å²) < 4.78 is 8.69. The van der Waals surface area contributed by atoms with Gasteiger partial charge in [-0.3, -0.25) is 5.01 Å². The van der Waals surface area contributed by atoms with E-state index in [1.165, 1.54) is 27.4 Å². The molecule has 0 saturated carbocycles. The number of furan rings is 1. The number of hydrogen-bond acceptors (Lipinski definition) is 4. The molecule has 0 spiro atoms. The topological polar surface area (TPSA) is 36.9 Å². The lowest BCUT2D eigenvalue weighted by atomic mass is 10.1. The molecule has 1 atom stereocenters. The number of hydrazone groups is 1. The molecule has 216 valence electrons. The lowest BCUT2D eigenvalue weighted by Gasteiger charge is -2.30. The molecule has 1 aliphatic heterocycles. The molecule has 1 unspecified atom stereocenters. The van der Waals surface area contributed by atoms with E-state index in [9.17, 15) is 0 Å². The molecule has 9 rings (SSSR count). The van der Waals surface area contributed by atoms with Crippen LogP contribution in [0, 0.1) is 0 Å².